The van der Waals surface area contributed by atoms with Crippen LogP contribution in [0, 0.1) is 17.0 Å². The molecule has 0 spiro atoms. The van der Waals surface area contributed by atoms with E-state index < -0.39 is 16.8 Å². The maximum absolute atomic E-state index is 11.1. The van der Waals surface area contributed by atoms with E-state index in [1.165, 1.54) is 6.07 Å². The Morgan fingerprint density at radius 1 is 1.58 bits per heavy atom. The van der Waals surface area contributed by atoms with Crippen LogP contribution in [0.5, 0.6) is 0 Å². The smallest absolute Gasteiger partial charge is 0.311 e. The molecule has 2 N–H and O–H groups in total. The van der Waals surface area contributed by atoms with Crippen LogP contribution in [0.25, 0.3) is 0 Å². The predicted molar refractivity (Wildman–Crippen MR) is 90.2 cm³/mol. The average Bonchev–Trinajstić information content (AvgIpc) is 3.00. The van der Waals surface area contributed by atoms with Gasteiger partial charge in [-0.15, -0.1) is 0 Å². The molecule has 2 aliphatic heterocycles. The van der Waals surface area contributed by atoms with E-state index in [2.05, 4.69) is 10.3 Å². The fraction of sp³-hybridized carbons (Fsp3) is 0.667. The zero-order chi connectivity index (χ0) is 17.5. The van der Waals surface area contributed by atoms with Crippen LogP contribution in [0.3, 0.4) is 0 Å². The zero-order valence-electron chi connectivity index (χ0n) is 13.8. The Labute approximate surface area is 144 Å². The van der Waals surface area contributed by atoms with Gasteiger partial charge in [-0.25, -0.2) is 4.98 Å². The molecule has 3 heterocycles. The summed E-state index contributed by atoms with van der Waals surface area (Å²) >= 11 is 1.60. The highest BCUT2D eigenvalue weighted by Gasteiger charge is 2.51. The molecule has 0 amide bonds. The third-order valence-corrected chi connectivity index (χ3v) is 5.55. The Hall–Kier alpha value is -1.42. The van der Waals surface area contributed by atoms with Crippen molar-refractivity contribution >= 4 is 23.3 Å². The van der Waals surface area contributed by atoms with Crippen molar-refractivity contribution in [3.8, 4) is 0 Å². The molecular weight excluding hydrogens is 334 g/mol. The van der Waals surface area contributed by atoms with E-state index in [-0.39, 0.29) is 35.5 Å². The molecule has 132 valence electrons. The fourth-order valence-electron chi connectivity index (χ4n) is 3.05. The van der Waals surface area contributed by atoms with Gasteiger partial charge in [0.15, 0.2) is 5.79 Å². The summed E-state index contributed by atoms with van der Waals surface area (Å²) in [5.41, 5.74) is 0.612. The molecule has 0 aromatic carbocycles. The summed E-state index contributed by atoms with van der Waals surface area (Å²) in [7, 11) is 0. The van der Waals surface area contributed by atoms with Gasteiger partial charge in [0, 0.05) is 24.6 Å². The van der Waals surface area contributed by atoms with Gasteiger partial charge < -0.3 is 19.9 Å². The molecule has 2 fully saturated rings. The van der Waals surface area contributed by atoms with Gasteiger partial charge in [0.1, 0.15) is 6.10 Å². The summed E-state index contributed by atoms with van der Waals surface area (Å²) in [5, 5.41) is 24.4. The molecule has 8 nitrogen and oxygen atoms in total. The van der Waals surface area contributed by atoms with Crippen molar-refractivity contribution in [2.24, 2.45) is 0 Å². The molecular formula is C15H21N3O5S. The number of aliphatic hydroxyl groups is 1. The number of nitro groups is 1. The molecule has 24 heavy (non-hydrogen) atoms. The summed E-state index contributed by atoms with van der Waals surface area (Å²) in [6.07, 6.45) is 0.614. The number of ether oxygens (including phenoxy) is 2. The van der Waals surface area contributed by atoms with E-state index >= 15 is 0 Å². The second kappa shape index (κ2) is 6.47. The highest BCUT2D eigenvalue weighted by Crippen LogP contribution is 2.42. The summed E-state index contributed by atoms with van der Waals surface area (Å²) < 4.78 is 11.7. The van der Waals surface area contributed by atoms with Crippen molar-refractivity contribution in [3.63, 3.8) is 0 Å². The minimum Gasteiger partial charge on any atom is -0.390 e. The van der Waals surface area contributed by atoms with Crippen molar-refractivity contribution in [2.45, 2.75) is 50.1 Å². The van der Waals surface area contributed by atoms with Gasteiger partial charge in [-0.1, -0.05) is 0 Å². The van der Waals surface area contributed by atoms with E-state index in [1.807, 2.05) is 13.8 Å². The van der Waals surface area contributed by atoms with E-state index in [4.69, 9.17) is 9.47 Å². The van der Waals surface area contributed by atoms with E-state index in [9.17, 15) is 15.2 Å². The van der Waals surface area contributed by atoms with Crippen LogP contribution >= 0.6 is 11.8 Å². The molecule has 0 aliphatic carbocycles. The van der Waals surface area contributed by atoms with Crippen LogP contribution in [0.15, 0.2) is 12.3 Å². The van der Waals surface area contributed by atoms with Crippen LogP contribution in [0.1, 0.15) is 19.4 Å². The molecule has 2 saturated heterocycles. The minimum absolute atomic E-state index is 0.0310. The van der Waals surface area contributed by atoms with Crippen LogP contribution in [-0.2, 0) is 9.47 Å². The number of fused-ring (bicyclic) bond motifs is 1. The van der Waals surface area contributed by atoms with Crippen LogP contribution < -0.4 is 5.32 Å². The number of hydrogen-bond donors (Lipinski definition) is 2. The first kappa shape index (κ1) is 17.4. The molecule has 1 aromatic rings. The molecule has 2 aliphatic rings. The second-order valence-electron chi connectivity index (χ2n) is 6.52. The highest BCUT2D eigenvalue weighted by molar-refractivity contribution is 8.00. The highest BCUT2D eigenvalue weighted by atomic mass is 32.2. The number of aliphatic hydroxyl groups excluding tert-OH is 1. The maximum atomic E-state index is 11.1. The molecule has 1 aromatic heterocycles. The van der Waals surface area contributed by atoms with Crippen LogP contribution in [0.2, 0.25) is 0 Å². The first-order valence-electron chi connectivity index (χ1n) is 7.77. The quantitative estimate of drug-likeness (QED) is 0.607. The number of pyridine rings is 1. The van der Waals surface area contributed by atoms with Crippen molar-refractivity contribution in [3.05, 3.63) is 27.9 Å². The summed E-state index contributed by atoms with van der Waals surface area (Å²) in [6, 6.07) is 1.46. The lowest BCUT2D eigenvalue weighted by molar-refractivity contribution is -0.384. The lowest BCUT2D eigenvalue weighted by Gasteiger charge is -2.25. The third kappa shape index (κ3) is 3.49. The summed E-state index contributed by atoms with van der Waals surface area (Å²) in [4.78, 5) is 14.7. The van der Waals surface area contributed by atoms with Gasteiger partial charge in [0.25, 0.3) is 0 Å². The molecule has 3 rings (SSSR count). The third-order valence-electron chi connectivity index (χ3n) is 4.06. The number of thioether (sulfide) groups is 1. The van der Waals surface area contributed by atoms with Gasteiger partial charge in [0.05, 0.1) is 22.4 Å². The first-order valence-corrected chi connectivity index (χ1v) is 8.82. The second-order valence-corrected chi connectivity index (χ2v) is 7.73. The molecule has 0 radical (unpaired) electrons. The number of hydrogen-bond acceptors (Lipinski definition) is 8. The Morgan fingerprint density at radius 3 is 3.04 bits per heavy atom. The Balaban J connectivity index is 1.64. The minimum atomic E-state index is -0.731. The van der Waals surface area contributed by atoms with Gasteiger partial charge in [-0.2, -0.15) is 11.8 Å². The average molecular weight is 355 g/mol. The summed E-state index contributed by atoms with van der Waals surface area (Å²) in [6.45, 7) is 5.61. The van der Waals surface area contributed by atoms with Gasteiger partial charge in [0.2, 0.25) is 5.82 Å². The topological polar surface area (TPSA) is 107 Å². The molecule has 0 saturated carbocycles. The first-order chi connectivity index (χ1) is 11.3. The maximum Gasteiger partial charge on any atom is 0.311 e. The van der Waals surface area contributed by atoms with Crippen LogP contribution in [0.4, 0.5) is 11.5 Å². The SMILES string of the molecule is Cc1cnc(NCC(O)[C@@H]2SCC3OC(C)(C)O[C@@H]32)c([N+](=O)[O-])c1. The monoisotopic (exact) mass is 355 g/mol. The standard InChI is InChI=1S/C15H21N3O5S/c1-8-4-9(18(20)21)14(16-5-8)17-6-10(19)13-12-11(7-24-13)22-15(2,3)23-12/h4-5,10-13,19H,6-7H2,1-3H3,(H,16,17)/t10?,11?,12-,13-/m0/s1. The zero-order valence-corrected chi connectivity index (χ0v) is 14.6. The fourth-order valence-corrected chi connectivity index (χ4v) is 4.46. The number of nitrogens with one attached hydrogen (secondary N) is 1. The largest absolute Gasteiger partial charge is 0.390 e. The number of aryl methyl sites for hydroxylation is 1. The van der Waals surface area contributed by atoms with E-state index in [0.717, 1.165) is 5.75 Å². The lowest BCUT2D eigenvalue weighted by Crippen LogP contribution is -2.40. The normalized spacial score (nSPS) is 29.2. The predicted octanol–water partition coefficient (Wildman–Crippen LogP) is 1.71. The Bertz CT molecular complexity index is 642. The van der Waals surface area contributed by atoms with Gasteiger partial charge >= 0.3 is 5.69 Å². The van der Waals surface area contributed by atoms with Crippen molar-refractivity contribution < 1.29 is 19.5 Å². The number of aromatic nitrogens is 1. The van der Waals surface area contributed by atoms with Crippen molar-refractivity contribution in [1.82, 2.24) is 4.98 Å². The van der Waals surface area contributed by atoms with E-state index in [0.29, 0.717) is 5.56 Å². The van der Waals surface area contributed by atoms with Crippen molar-refractivity contribution in [2.75, 3.05) is 17.6 Å². The van der Waals surface area contributed by atoms with E-state index in [1.54, 1.807) is 24.9 Å². The van der Waals surface area contributed by atoms with Crippen LogP contribution in [-0.4, -0.2) is 56.7 Å². The Kier molecular flexibility index (Phi) is 4.69. The molecule has 9 heteroatoms. The molecule has 4 atom stereocenters. The number of rotatable bonds is 5. The lowest BCUT2D eigenvalue weighted by atomic mass is 10.1. The summed E-state index contributed by atoms with van der Waals surface area (Å²) in [5.74, 6) is 0.283. The number of anilines is 1. The molecule has 0 bridgehead atoms. The molecule has 2 unspecified atom stereocenters. The van der Waals surface area contributed by atoms with Gasteiger partial charge in [-0.3, -0.25) is 10.1 Å². The van der Waals surface area contributed by atoms with Crippen molar-refractivity contribution in [1.29, 1.82) is 0 Å². The Morgan fingerprint density at radius 2 is 2.33 bits per heavy atom. The van der Waals surface area contributed by atoms with Gasteiger partial charge in [-0.05, 0) is 26.3 Å². The number of nitrogens with zero attached hydrogens (tertiary/aromatic N) is 2.